The van der Waals surface area contributed by atoms with Gasteiger partial charge >= 0.3 is 0 Å². The summed E-state index contributed by atoms with van der Waals surface area (Å²) < 4.78 is 21.0. The first kappa shape index (κ1) is 12.8. The van der Waals surface area contributed by atoms with Crippen LogP contribution in [0.25, 0.3) is 0 Å². The second-order valence-electron chi connectivity index (χ2n) is 2.19. The van der Waals surface area contributed by atoms with E-state index in [9.17, 15) is 8.42 Å². The maximum Gasteiger partial charge on any atom is 0.211 e. The van der Waals surface area contributed by atoms with E-state index in [-0.39, 0.29) is 17.7 Å². The fourth-order valence-electron chi connectivity index (χ4n) is 0.571. The normalized spacial score (nSPS) is 13.9. The second kappa shape index (κ2) is 4.93. The largest absolute Gasteiger partial charge is 0.228 e. The topological polar surface area (TPSA) is 60.2 Å². The summed E-state index contributed by atoms with van der Waals surface area (Å²) in [6.45, 7) is 3.56. The summed E-state index contributed by atoms with van der Waals surface area (Å²) in [5, 5.41) is 4.45. The van der Waals surface area contributed by atoms with Gasteiger partial charge in [0, 0.05) is 0 Å². The van der Waals surface area contributed by atoms with E-state index in [1.165, 1.54) is 0 Å². The van der Waals surface area contributed by atoms with Crippen LogP contribution in [0.3, 0.4) is 0 Å². The Morgan fingerprint density at radius 1 is 1.50 bits per heavy atom. The minimum atomic E-state index is -3.26. The molecule has 1 unspecified atom stereocenters. The lowest BCUT2D eigenvalue weighted by Crippen LogP contribution is -2.25. The minimum Gasteiger partial charge on any atom is -0.228 e. The number of halogens is 1. The summed E-state index contributed by atoms with van der Waals surface area (Å²) >= 11 is 0. The number of rotatable bonds is 3. The van der Waals surface area contributed by atoms with Crippen molar-refractivity contribution in [1.29, 1.82) is 0 Å². The van der Waals surface area contributed by atoms with Gasteiger partial charge in [0.1, 0.15) is 0 Å². The highest BCUT2D eigenvalue weighted by molar-refractivity contribution is 7.89. The van der Waals surface area contributed by atoms with Gasteiger partial charge in [0.05, 0.1) is 5.25 Å². The summed E-state index contributed by atoms with van der Waals surface area (Å²) in [5.74, 6) is 0. The number of hydrogen-bond acceptors (Lipinski definition) is 2. The molecule has 5 heteroatoms. The maximum absolute atomic E-state index is 10.5. The van der Waals surface area contributed by atoms with Gasteiger partial charge in [-0.3, -0.25) is 0 Å². The molecule has 2 N–H and O–H groups in total. The van der Waals surface area contributed by atoms with Crippen molar-refractivity contribution in [1.82, 2.24) is 0 Å². The van der Waals surface area contributed by atoms with Gasteiger partial charge < -0.3 is 0 Å². The van der Waals surface area contributed by atoms with Gasteiger partial charge in [-0.25, -0.2) is 13.6 Å². The van der Waals surface area contributed by atoms with Crippen LogP contribution >= 0.6 is 12.4 Å². The van der Waals surface area contributed by atoms with Crippen molar-refractivity contribution in [3.8, 4) is 0 Å². The molecule has 0 aromatic carbocycles. The van der Waals surface area contributed by atoms with E-state index < -0.39 is 10.0 Å². The Morgan fingerprint density at radius 2 is 1.90 bits per heavy atom. The Hall–Kier alpha value is 0.200. The van der Waals surface area contributed by atoms with Crippen molar-refractivity contribution in [2.75, 3.05) is 0 Å². The molecule has 0 aromatic heterocycles. The zero-order chi connectivity index (χ0) is 7.49. The van der Waals surface area contributed by atoms with Crippen LogP contribution in [0.1, 0.15) is 26.7 Å². The average Bonchev–Trinajstić information content (AvgIpc) is 1.64. The summed E-state index contributed by atoms with van der Waals surface area (Å²) in [5.41, 5.74) is 0. The van der Waals surface area contributed by atoms with E-state index in [2.05, 4.69) is 0 Å². The summed E-state index contributed by atoms with van der Waals surface area (Å²) in [4.78, 5) is 0. The van der Waals surface area contributed by atoms with Gasteiger partial charge in [-0.15, -0.1) is 12.4 Å². The van der Waals surface area contributed by atoms with Crippen molar-refractivity contribution in [3.05, 3.63) is 0 Å². The highest BCUT2D eigenvalue weighted by atomic mass is 35.5. The third-order valence-electron chi connectivity index (χ3n) is 1.26. The molecule has 0 spiro atoms. The molecular formula is C5H14ClNO2S. The summed E-state index contributed by atoms with van der Waals surface area (Å²) in [6.07, 6.45) is 1.51. The SMILES string of the molecule is CCCC(C)S(N)(=O)=O.Cl. The molecule has 0 saturated heterocycles. The predicted octanol–water partition coefficient (Wildman–Crippen LogP) is 0.885. The third kappa shape index (κ3) is 5.02. The molecule has 0 amide bonds. The number of nitrogens with two attached hydrogens (primary N) is 1. The molecule has 1 atom stereocenters. The zero-order valence-electron chi connectivity index (χ0n) is 6.20. The van der Waals surface area contributed by atoms with Gasteiger partial charge in [-0.05, 0) is 13.3 Å². The molecule has 0 saturated carbocycles. The minimum absolute atomic E-state index is 0. The van der Waals surface area contributed by atoms with Crippen LogP contribution in [0.15, 0.2) is 0 Å². The van der Waals surface area contributed by atoms with Crippen LogP contribution in [-0.4, -0.2) is 13.7 Å². The molecule has 0 radical (unpaired) electrons. The van der Waals surface area contributed by atoms with Crippen molar-refractivity contribution in [2.24, 2.45) is 5.14 Å². The Labute approximate surface area is 68.5 Å². The Balaban J connectivity index is 0. The second-order valence-corrected chi connectivity index (χ2v) is 4.17. The molecule has 0 aliphatic carbocycles. The van der Waals surface area contributed by atoms with Crippen LogP contribution in [-0.2, 0) is 10.0 Å². The average molecular weight is 188 g/mol. The van der Waals surface area contributed by atoms with Gasteiger partial charge in [0.15, 0.2) is 0 Å². The Morgan fingerprint density at radius 3 is 2.00 bits per heavy atom. The van der Waals surface area contributed by atoms with Crippen molar-refractivity contribution < 1.29 is 8.42 Å². The van der Waals surface area contributed by atoms with Crippen LogP contribution in [0.2, 0.25) is 0 Å². The molecule has 0 aromatic rings. The van der Waals surface area contributed by atoms with Gasteiger partial charge in [-0.1, -0.05) is 13.3 Å². The lowest BCUT2D eigenvalue weighted by atomic mass is 10.3. The van der Waals surface area contributed by atoms with Crippen molar-refractivity contribution in [2.45, 2.75) is 31.9 Å². The number of hydrogen-bond donors (Lipinski definition) is 1. The van der Waals surface area contributed by atoms with E-state index in [0.29, 0.717) is 6.42 Å². The van der Waals surface area contributed by atoms with E-state index in [1.807, 2.05) is 6.92 Å². The highest BCUT2D eigenvalue weighted by Crippen LogP contribution is 2.02. The van der Waals surface area contributed by atoms with E-state index in [1.54, 1.807) is 6.92 Å². The first-order valence-electron chi connectivity index (χ1n) is 3.00. The zero-order valence-corrected chi connectivity index (χ0v) is 7.83. The van der Waals surface area contributed by atoms with E-state index in [4.69, 9.17) is 5.14 Å². The Bertz CT molecular complexity index is 166. The molecule has 0 aliphatic rings. The number of sulfonamides is 1. The molecule has 10 heavy (non-hydrogen) atoms. The highest BCUT2D eigenvalue weighted by Gasteiger charge is 2.12. The van der Waals surface area contributed by atoms with Crippen molar-refractivity contribution in [3.63, 3.8) is 0 Å². The van der Waals surface area contributed by atoms with Crippen LogP contribution in [0.4, 0.5) is 0 Å². The molecule has 0 rings (SSSR count). The lowest BCUT2D eigenvalue weighted by molar-refractivity contribution is 0.577. The van der Waals surface area contributed by atoms with Crippen LogP contribution < -0.4 is 5.14 Å². The lowest BCUT2D eigenvalue weighted by Gasteiger charge is -2.04. The standard InChI is InChI=1S/C5H13NO2S.ClH/c1-3-4-5(2)9(6,7)8;/h5H,3-4H2,1-2H3,(H2,6,7,8);1H. The first-order valence-corrected chi connectivity index (χ1v) is 4.61. The summed E-state index contributed by atoms with van der Waals surface area (Å²) in [7, 11) is -3.26. The van der Waals surface area contributed by atoms with E-state index in [0.717, 1.165) is 6.42 Å². The van der Waals surface area contributed by atoms with Crippen LogP contribution in [0.5, 0.6) is 0 Å². The predicted molar refractivity (Wildman–Crippen MR) is 44.7 cm³/mol. The molecule has 0 heterocycles. The molecule has 64 valence electrons. The number of primary sulfonamides is 1. The smallest absolute Gasteiger partial charge is 0.211 e. The molecule has 3 nitrogen and oxygen atoms in total. The molecule has 0 bridgehead atoms. The first-order chi connectivity index (χ1) is 3.98. The van der Waals surface area contributed by atoms with Gasteiger partial charge in [-0.2, -0.15) is 0 Å². The molecule has 0 fully saturated rings. The Kier molecular flexibility index (Phi) is 6.33. The maximum atomic E-state index is 10.5. The fourth-order valence-corrected chi connectivity index (χ4v) is 1.14. The summed E-state index contributed by atoms with van der Waals surface area (Å²) in [6, 6.07) is 0. The van der Waals surface area contributed by atoms with Crippen molar-refractivity contribution >= 4 is 22.4 Å². The monoisotopic (exact) mass is 187 g/mol. The van der Waals surface area contributed by atoms with Gasteiger partial charge in [0.2, 0.25) is 10.0 Å². The van der Waals surface area contributed by atoms with E-state index >= 15 is 0 Å². The third-order valence-corrected chi connectivity index (χ3v) is 2.61. The fraction of sp³-hybridized carbons (Fsp3) is 1.00. The molecule has 0 aliphatic heterocycles. The van der Waals surface area contributed by atoms with Gasteiger partial charge in [0.25, 0.3) is 0 Å². The molecular weight excluding hydrogens is 174 g/mol. The van der Waals surface area contributed by atoms with Crippen LogP contribution in [0, 0.1) is 0 Å². The quantitative estimate of drug-likeness (QED) is 0.714.